The number of likely N-dealkylation sites (N-methyl/N-ethyl adjacent to an activating group) is 3. The summed E-state index contributed by atoms with van der Waals surface area (Å²) in [6.45, 7) is 0.741. The third-order valence-corrected chi connectivity index (χ3v) is 25.0. The predicted molar refractivity (Wildman–Crippen MR) is 487 cm³/mol. The first-order valence-corrected chi connectivity index (χ1v) is 45.7. The Balaban J connectivity index is 1.11. The standard InChI is InChI=1S/C89H119N21O25S/c1-7-9-19-67-82(128)102-63(36-90)80(126)104-65(77(123)94-39-71(91)114)44-136-45-72(115)96-60(30-48-23-25-52(112)26-24-48)85(131)105(4)47(3)76(122)100-62(35-74(118)119)88(134)109-29-15-22-68(109)83(129)99-59(33-51-38-92-46-95-51)79(125)97-57(27-28-73(116)117)87(133)110-41-53(113)34-70(110)84(130)98-58(31-49-37-93-56-18-13-11-16-54(49)56)78(124)103-64(43-111)81(127)101-61(86(132)107(6)69(20-10-8-2)89(135)106(67)5)32-50-40-108(42-75(120)121)66-21-14-12-17-55(50)66/h11-14,16-18,21,23-26,37-38,40,46-47,53,57-65,67-70,93,111-113H,7-10,15,19-20,22,27-36,39,41-45,90H2,1-6H3,(H2,91,114)(H,92,95)(H,94,123)(H,96,115)(H,97,125)(H,98,130)(H,99,129)(H,100,122)(H,101,127)(H,102,128)(H,103,124)(H,104,126)(H,116,117)(H,118,119)(H,120,121)/t47-,53+,57-,58-,59-,60-,61-,62-,63-,64-,65-,67-,68-,69-,70-/m0/s1. The monoisotopic (exact) mass is 1910 g/mol. The van der Waals surface area contributed by atoms with Crippen molar-refractivity contribution in [3.63, 3.8) is 0 Å². The number of carboxylic acid groups (broad SMARTS) is 3. The number of nitrogens with one attached hydrogen (secondary N) is 12. The molecule has 3 aromatic carbocycles. The number of primary amides is 1. The summed E-state index contributed by atoms with van der Waals surface area (Å²) in [4.78, 5) is 288. The van der Waals surface area contributed by atoms with E-state index >= 15 is 28.8 Å². The van der Waals surface area contributed by atoms with E-state index in [9.17, 15) is 93.0 Å². The fourth-order valence-corrected chi connectivity index (χ4v) is 17.3. The van der Waals surface area contributed by atoms with Gasteiger partial charge in [-0.15, -0.1) is 11.8 Å². The van der Waals surface area contributed by atoms with E-state index in [0.717, 1.165) is 31.5 Å². The number of aliphatic hydroxyl groups is 2. The number of H-pyrrole nitrogens is 2. The molecule has 46 nitrogen and oxygen atoms in total. The number of carboxylic acids is 3. The number of imidazole rings is 1. The van der Waals surface area contributed by atoms with E-state index in [1.54, 1.807) is 62.4 Å². The number of aromatic amines is 2. The van der Waals surface area contributed by atoms with Crippen LogP contribution in [0.5, 0.6) is 5.75 Å². The molecule has 0 aliphatic carbocycles. The van der Waals surface area contributed by atoms with E-state index in [1.165, 1.54) is 74.8 Å². The second-order valence-electron chi connectivity index (χ2n) is 33.8. The molecule has 6 aromatic rings. The molecule has 22 N–H and O–H groups in total. The fourth-order valence-electron chi connectivity index (χ4n) is 16.5. The Hall–Kier alpha value is -14.1. The number of phenols is 1. The molecule has 16 amide bonds. The van der Waals surface area contributed by atoms with Crippen LogP contribution in [0.4, 0.5) is 0 Å². The molecule has 15 atom stereocenters. The molecule has 136 heavy (non-hydrogen) atoms. The number of benzene rings is 3. The van der Waals surface area contributed by atoms with E-state index in [4.69, 9.17) is 11.5 Å². The first kappa shape index (κ1) is 106. The van der Waals surface area contributed by atoms with Crippen LogP contribution in [0.2, 0.25) is 0 Å². The summed E-state index contributed by atoms with van der Waals surface area (Å²) in [7, 11) is 3.70. The molecule has 0 spiro atoms. The van der Waals surface area contributed by atoms with Crippen molar-refractivity contribution in [1.82, 2.24) is 97.2 Å². The summed E-state index contributed by atoms with van der Waals surface area (Å²) in [6, 6.07) is -5.15. The minimum Gasteiger partial charge on any atom is -0.508 e. The maximum atomic E-state index is 15.8. The van der Waals surface area contributed by atoms with Crippen LogP contribution in [0.3, 0.4) is 0 Å². The lowest BCUT2D eigenvalue weighted by molar-refractivity contribution is -0.149. The number of carbonyl (C=O) groups excluding carboxylic acids is 16. The van der Waals surface area contributed by atoms with Crippen molar-refractivity contribution >= 4 is 146 Å². The van der Waals surface area contributed by atoms with Gasteiger partial charge in [0, 0.05) is 125 Å². The SMILES string of the molecule is CCCC[C@H]1C(=O)N(C)[C@@H](CCCC)C(=O)N[C@@H](CN)C(=O)N[C@H](C(=O)NCC(N)=O)CSCC(=O)N[C@@H](Cc2ccc(O)cc2)C(=O)N(C)[C@@H](C)C(=O)N[C@@H](CC(=O)O)C(=O)N2CCC[C@H]2C(=O)N[C@@H](Cc2c[nH]cn2)C(=O)N[C@@H](CCC(=O)O)C(=O)N2C[C@H](O)C[C@H]2C(=O)N[C@@H](Cc2c[nH]c3ccccc23)C(=O)N[C@@H](CO)C(=O)N[C@@H](Cc2cn(CC(=O)O)c3ccccc23)C(=O)N1C. The van der Waals surface area contributed by atoms with Gasteiger partial charge in [-0.2, -0.15) is 0 Å². The van der Waals surface area contributed by atoms with E-state index in [1.807, 2.05) is 0 Å². The first-order chi connectivity index (χ1) is 64.7. The number of unbranched alkanes of at least 4 members (excludes halogenated alkanes) is 2. The van der Waals surface area contributed by atoms with Gasteiger partial charge in [0.1, 0.15) is 96.9 Å². The number of aromatic hydroxyl groups is 1. The number of nitrogens with zero attached hydrogens (tertiary/aromatic N) is 7. The van der Waals surface area contributed by atoms with Crippen LogP contribution >= 0.6 is 11.8 Å². The van der Waals surface area contributed by atoms with Crippen LogP contribution in [0.25, 0.3) is 21.8 Å². The van der Waals surface area contributed by atoms with E-state index < -0.39 is 292 Å². The van der Waals surface area contributed by atoms with Crippen LogP contribution in [0.1, 0.15) is 120 Å². The lowest BCUT2D eigenvalue weighted by Gasteiger charge is -2.36. The molecule has 47 heteroatoms. The van der Waals surface area contributed by atoms with E-state index in [2.05, 4.69) is 68.1 Å². The van der Waals surface area contributed by atoms with Gasteiger partial charge < -0.3 is 134 Å². The Morgan fingerprint density at radius 3 is 1.77 bits per heavy atom. The first-order valence-electron chi connectivity index (χ1n) is 44.5. The number of nitrogens with two attached hydrogens (primary N) is 2. The van der Waals surface area contributed by atoms with Crippen LogP contribution in [0, 0.1) is 0 Å². The van der Waals surface area contributed by atoms with Gasteiger partial charge in [0.15, 0.2) is 0 Å². The molecule has 736 valence electrons. The predicted octanol–water partition coefficient (Wildman–Crippen LogP) is -4.26. The number of aliphatic hydroxyl groups excluding tert-OH is 2. The highest BCUT2D eigenvalue weighted by Crippen LogP contribution is 2.29. The molecule has 3 fully saturated rings. The van der Waals surface area contributed by atoms with Gasteiger partial charge in [0.2, 0.25) is 94.5 Å². The lowest BCUT2D eigenvalue weighted by atomic mass is 10.00. The number of phenolic OH excluding ortho intramolecular Hbond substituents is 1. The summed E-state index contributed by atoms with van der Waals surface area (Å²) in [5, 5.41) is 89.4. The van der Waals surface area contributed by atoms with Gasteiger partial charge >= 0.3 is 17.9 Å². The van der Waals surface area contributed by atoms with E-state index in [0.29, 0.717) is 57.5 Å². The van der Waals surface area contributed by atoms with Gasteiger partial charge in [-0.3, -0.25) is 91.1 Å². The zero-order valence-electron chi connectivity index (χ0n) is 76.0. The Morgan fingerprint density at radius 2 is 1.13 bits per heavy atom. The number of rotatable bonds is 26. The molecule has 0 radical (unpaired) electrons. The van der Waals surface area contributed by atoms with Crippen molar-refractivity contribution in [2.24, 2.45) is 11.5 Å². The topological polar surface area (TPSA) is 684 Å². The third-order valence-electron chi connectivity index (χ3n) is 24.0. The maximum Gasteiger partial charge on any atom is 0.323 e. The molecule has 0 saturated carbocycles. The lowest BCUT2D eigenvalue weighted by Crippen LogP contribution is -2.62. The summed E-state index contributed by atoms with van der Waals surface area (Å²) < 4.78 is 1.38. The molecule has 9 rings (SSSR count). The second-order valence-corrected chi connectivity index (χ2v) is 34.8. The van der Waals surface area contributed by atoms with Crippen LogP contribution in [-0.4, -0.2) is 343 Å². The third kappa shape index (κ3) is 28.5. The van der Waals surface area contributed by atoms with Crippen molar-refractivity contribution in [1.29, 1.82) is 0 Å². The molecular formula is C89H119N21O25S. The molecular weight excluding hydrogens is 1800 g/mol. The minimum atomic E-state index is -2.02. The summed E-state index contributed by atoms with van der Waals surface area (Å²) in [6.07, 6.45) is 0.447. The number of hydrogen-bond donors (Lipinski definition) is 20. The zero-order chi connectivity index (χ0) is 99.5. The van der Waals surface area contributed by atoms with Crippen molar-refractivity contribution < 1.29 is 122 Å². The molecule has 3 saturated heterocycles. The van der Waals surface area contributed by atoms with Gasteiger partial charge in [-0.1, -0.05) is 88.1 Å². The minimum absolute atomic E-state index is 0.0714. The summed E-state index contributed by atoms with van der Waals surface area (Å²) >= 11 is 0.717. The summed E-state index contributed by atoms with van der Waals surface area (Å²) in [5.41, 5.74) is 13.7. The van der Waals surface area contributed by atoms with Crippen LogP contribution < -0.4 is 64.6 Å². The highest BCUT2D eigenvalue weighted by Gasteiger charge is 2.47. The zero-order valence-corrected chi connectivity index (χ0v) is 76.8. The molecule has 3 aromatic heterocycles. The van der Waals surface area contributed by atoms with Crippen LogP contribution in [0.15, 0.2) is 97.7 Å². The van der Waals surface area contributed by atoms with Crippen LogP contribution in [-0.2, 0) is 123 Å². The quantitative estimate of drug-likeness (QED) is 0.0244. The van der Waals surface area contributed by atoms with Gasteiger partial charge in [0.05, 0.1) is 43.5 Å². The van der Waals surface area contributed by atoms with E-state index in [-0.39, 0.29) is 68.5 Å². The Kier molecular flexibility index (Phi) is 38.6. The number of carbonyl (C=O) groups is 19. The largest absolute Gasteiger partial charge is 0.508 e. The number of aliphatic carboxylic acids is 3. The fraction of sp³-hybridized carbons (Fsp3) is 0.506. The Morgan fingerprint density at radius 1 is 0.559 bits per heavy atom. The second kappa shape index (κ2) is 49.8. The van der Waals surface area contributed by atoms with Gasteiger partial charge in [-0.05, 0) is 80.0 Å². The van der Waals surface area contributed by atoms with Crippen molar-refractivity contribution in [2.75, 3.05) is 65.4 Å². The number of aromatic nitrogens is 4. The number of hydrogen-bond acceptors (Lipinski definition) is 25. The maximum absolute atomic E-state index is 15.8. The average molecular weight is 1920 g/mol. The average Bonchev–Trinajstić information content (AvgIpc) is 1.65. The molecule has 6 heterocycles. The number of para-hydroxylation sites is 2. The number of fused-ring (bicyclic) bond motifs is 4. The molecule has 3 aliphatic heterocycles. The molecule has 0 unspecified atom stereocenters. The van der Waals surface area contributed by atoms with Crippen molar-refractivity contribution in [2.45, 2.75) is 221 Å². The Bertz CT molecular complexity index is 5340. The number of amides is 16. The Labute approximate surface area is 784 Å². The smallest absolute Gasteiger partial charge is 0.323 e. The molecule has 0 bridgehead atoms. The summed E-state index contributed by atoms with van der Waals surface area (Å²) in [5.74, 6) is -22.4. The van der Waals surface area contributed by atoms with Gasteiger partial charge in [0.25, 0.3) is 0 Å². The molecule has 3 aliphatic rings. The normalized spacial score (nSPS) is 24.6. The van der Waals surface area contributed by atoms with Crippen molar-refractivity contribution in [3.8, 4) is 5.75 Å². The highest BCUT2D eigenvalue weighted by molar-refractivity contribution is 8.00. The van der Waals surface area contributed by atoms with Gasteiger partial charge in [-0.25, -0.2) is 4.98 Å². The highest BCUT2D eigenvalue weighted by atomic mass is 32.2. The van der Waals surface area contributed by atoms with Crippen molar-refractivity contribution in [3.05, 3.63) is 120 Å². The number of thioether (sulfide) groups is 1.